The topological polar surface area (TPSA) is 41.6 Å². The second-order valence-corrected chi connectivity index (χ2v) is 7.03. The van der Waals surface area contributed by atoms with E-state index in [1.807, 2.05) is 6.92 Å². The van der Waals surface area contributed by atoms with Crippen LogP contribution in [0, 0.1) is 5.92 Å². The smallest absolute Gasteiger partial charge is 0.326 e. The van der Waals surface area contributed by atoms with Crippen molar-refractivity contribution >= 4 is 5.97 Å². The van der Waals surface area contributed by atoms with Crippen LogP contribution in [-0.4, -0.2) is 48.2 Å². The van der Waals surface area contributed by atoms with Gasteiger partial charge < -0.3 is 9.64 Å². The number of carbonyl (C=O) groups excluding carboxylic acids is 1. The Morgan fingerprint density at radius 2 is 2.05 bits per heavy atom. The molecule has 2 unspecified atom stereocenters. The zero-order valence-corrected chi connectivity index (χ0v) is 14.2. The Labute approximate surface area is 129 Å². The first-order valence-corrected chi connectivity index (χ1v) is 8.69. The zero-order chi connectivity index (χ0) is 15.5. The third-order valence-corrected chi connectivity index (χ3v) is 4.83. The van der Waals surface area contributed by atoms with Crippen molar-refractivity contribution in [3.8, 4) is 0 Å². The minimum atomic E-state index is -0.466. The quantitative estimate of drug-likeness (QED) is 0.699. The summed E-state index contributed by atoms with van der Waals surface area (Å²) in [5, 5.41) is 3.52. The third-order valence-electron chi connectivity index (χ3n) is 4.83. The van der Waals surface area contributed by atoms with Gasteiger partial charge in [-0.3, -0.25) is 10.1 Å². The largest absolute Gasteiger partial charge is 0.465 e. The SMILES string of the molecule is CCOC(=O)C1(NC(C)C)CCC(N(CC)CC2CC2)C1. The van der Waals surface area contributed by atoms with Crippen molar-refractivity contribution < 1.29 is 9.53 Å². The molecule has 2 atom stereocenters. The van der Waals surface area contributed by atoms with Crippen LogP contribution in [0.4, 0.5) is 0 Å². The van der Waals surface area contributed by atoms with E-state index in [-0.39, 0.29) is 5.97 Å². The van der Waals surface area contributed by atoms with Crippen molar-refractivity contribution in [3.05, 3.63) is 0 Å². The van der Waals surface area contributed by atoms with Crippen LogP contribution in [0.1, 0.15) is 59.8 Å². The van der Waals surface area contributed by atoms with Crippen molar-refractivity contribution in [1.82, 2.24) is 10.2 Å². The van der Waals surface area contributed by atoms with Crippen LogP contribution < -0.4 is 5.32 Å². The van der Waals surface area contributed by atoms with Gasteiger partial charge in [0.05, 0.1) is 6.61 Å². The van der Waals surface area contributed by atoms with Gasteiger partial charge in [0.2, 0.25) is 0 Å². The number of nitrogens with one attached hydrogen (secondary N) is 1. The highest BCUT2D eigenvalue weighted by Crippen LogP contribution is 2.37. The van der Waals surface area contributed by atoms with Crippen LogP contribution in [0.25, 0.3) is 0 Å². The van der Waals surface area contributed by atoms with E-state index in [4.69, 9.17) is 4.74 Å². The summed E-state index contributed by atoms with van der Waals surface area (Å²) in [5.41, 5.74) is -0.466. The van der Waals surface area contributed by atoms with Crippen molar-refractivity contribution in [1.29, 1.82) is 0 Å². The number of rotatable bonds is 8. The predicted molar refractivity (Wildman–Crippen MR) is 85.2 cm³/mol. The molecule has 21 heavy (non-hydrogen) atoms. The molecule has 2 rings (SSSR count). The van der Waals surface area contributed by atoms with Gasteiger partial charge in [-0.05, 0) is 65.3 Å². The van der Waals surface area contributed by atoms with Gasteiger partial charge in [-0.15, -0.1) is 0 Å². The lowest BCUT2D eigenvalue weighted by Crippen LogP contribution is -2.54. The molecule has 0 aromatic carbocycles. The van der Waals surface area contributed by atoms with Crippen molar-refractivity contribution in [2.45, 2.75) is 77.4 Å². The lowest BCUT2D eigenvalue weighted by molar-refractivity contribution is -0.151. The van der Waals surface area contributed by atoms with Crippen LogP contribution in [0.5, 0.6) is 0 Å². The molecule has 0 amide bonds. The Balaban J connectivity index is 2.03. The molecular weight excluding hydrogens is 264 g/mol. The first kappa shape index (κ1) is 16.8. The Morgan fingerprint density at radius 3 is 2.57 bits per heavy atom. The second kappa shape index (κ2) is 7.10. The van der Waals surface area contributed by atoms with Gasteiger partial charge in [0, 0.05) is 18.6 Å². The molecule has 0 heterocycles. The van der Waals surface area contributed by atoms with Gasteiger partial charge >= 0.3 is 5.97 Å². The number of esters is 1. The maximum atomic E-state index is 12.5. The van der Waals surface area contributed by atoms with Crippen molar-refractivity contribution in [2.75, 3.05) is 19.7 Å². The Kier molecular flexibility index (Phi) is 5.67. The zero-order valence-electron chi connectivity index (χ0n) is 14.2. The fourth-order valence-electron chi connectivity index (χ4n) is 3.70. The summed E-state index contributed by atoms with van der Waals surface area (Å²) < 4.78 is 5.37. The Morgan fingerprint density at radius 1 is 1.33 bits per heavy atom. The van der Waals surface area contributed by atoms with Crippen LogP contribution in [0.2, 0.25) is 0 Å². The summed E-state index contributed by atoms with van der Waals surface area (Å²) in [7, 11) is 0. The molecule has 0 aromatic heterocycles. The molecular formula is C17H32N2O2. The molecule has 0 spiro atoms. The highest BCUT2D eigenvalue weighted by molar-refractivity contribution is 5.81. The van der Waals surface area contributed by atoms with Crippen molar-refractivity contribution in [3.63, 3.8) is 0 Å². The molecule has 0 radical (unpaired) electrons. The molecule has 2 saturated carbocycles. The normalized spacial score (nSPS) is 29.3. The number of nitrogens with zero attached hydrogens (tertiary/aromatic N) is 1. The van der Waals surface area contributed by atoms with Gasteiger partial charge in [-0.25, -0.2) is 0 Å². The number of ether oxygens (including phenoxy) is 1. The van der Waals surface area contributed by atoms with Crippen molar-refractivity contribution in [2.24, 2.45) is 5.92 Å². The average Bonchev–Trinajstić information content (AvgIpc) is 3.15. The lowest BCUT2D eigenvalue weighted by Gasteiger charge is -2.33. The summed E-state index contributed by atoms with van der Waals surface area (Å²) in [6.07, 6.45) is 5.66. The lowest BCUT2D eigenvalue weighted by atomic mass is 9.96. The minimum Gasteiger partial charge on any atom is -0.465 e. The van der Waals surface area contributed by atoms with Gasteiger partial charge in [0.25, 0.3) is 0 Å². The predicted octanol–water partition coefficient (Wildman–Crippen LogP) is 2.57. The molecule has 1 N–H and O–H groups in total. The maximum absolute atomic E-state index is 12.5. The van der Waals surface area contributed by atoms with Gasteiger partial charge in [0.1, 0.15) is 5.54 Å². The van der Waals surface area contributed by atoms with E-state index in [2.05, 4.69) is 31.0 Å². The van der Waals surface area contributed by atoms with Crippen LogP contribution in [0.15, 0.2) is 0 Å². The van der Waals surface area contributed by atoms with E-state index in [0.29, 0.717) is 18.7 Å². The Bertz CT molecular complexity index is 355. The van der Waals surface area contributed by atoms with E-state index in [1.54, 1.807) is 0 Å². The molecule has 122 valence electrons. The summed E-state index contributed by atoms with van der Waals surface area (Å²) in [6.45, 7) is 11.1. The van der Waals surface area contributed by atoms with E-state index in [0.717, 1.165) is 31.7 Å². The number of hydrogen-bond donors (Lipinski definition) is 1. The first-order chi connectivity index (χ1) is 10.0. The van der Waals surface area contributed by atoms with Gasteiger partial charge in [0.15, 0.2) is 0 Å². The highest BCUT2D eigenvalue weighted by Gasteiger charge is 2.48. The number of carbonyl (C=O) groups is 1. The molecule has 4 nitrogen and oxygen atoms in total. The van der Waals surface area contributed by atoms with E-state index < -0.39 is 5.54 Å². The first-order valence-electron chi connectivity index (χ1n) is 8.69. The maximum Gasteiger partial charge on any atom is 0.326 e. The molecule has 2 aliphatic rings. The average molecular weight is 296 g/mol. The summed E-state index contributed by atoms with van der Waals surface area (Å²) in [6, 6.07) is 0.818. The van der Waals surface area contributed by atoms with Crippen LogP contribution >= 0.6 is 0 Å². The van der Waals surface area contributed by atoms with E-state index in [1.165, 1.54) is 19.4 Å². The molecule has 4 heteroatoms. The summed E-state index contributed by atoms with van der Waals surface area (Å²) in [4.78, 5) is 15.1. The molecule has 2 fully saturated rings. The standard InChI is InChI=1S/C17H32N2O2/c1-5-19(12-14-7-8-14)15-9-10-17(11-15,18-13(3)4)16(20)21-6-2/h13-15,18H,5-12H2,1-4H3. The van der Waals surface area contributed by atoms with Gasteiger partial charge in [-0.1, -0.05) is 6.92 Å². The third kappa shape index (κ3) is 4.19. The molecule has 0 bridgehead atoms. The summed E-state index contributed by atoms with van der Waals surface area (Å²) in [5.74, 6) is 0.851. The highest BCUT2D eigenvalue weighted by atomic mass is 16.5. The van der Waals surface area contributed by atoms with E-state index in [9.17, 15) is 4.79 Å². The molecule has 0 aromatic rings. The fraction of sp³-hybridized carbons (Fsp3) is 0.941. The van der Waals surface area contributed by atoms with E-state index >= 15 is 0 Å². The van der Waals surface area contributed by atoms with Gasteiger partial charge in [-0.2, -0.15) is 0 Å². The van der Waals surface area contributed by atoms with Crippen LogP contribution in [0.3, 0.4) is 0 Å². The molecule has 0 saturated heterocycles. The monoisotopic (exact) mass is 296 g/mol. The second-order valence-electron chi connectivity index (χ2n) is 7.03. The molecule has 2 aliphatic carbocycles. The minimum absolute atomic E-state index is 0.0522. The molecule has 0 aliphatic heterocycles. The number of hydrogen-bond acceptors (Lipinski definition) is 4. The fourth-order valence-corrected chi connectivity index (χ4v) is 3.70. The Hall–Kier alpha value is -0.610. The summed E-state index contributed by atoms with van der Waals surface area (Å²) >= 11 is 0. The van der Waals surface area contributed by atoms with Crippen LogP contribution in [-0.2, 0) is 9.53 Å².